The number of carbonyl (C=O) groups is 1. The van der Waals surface area contributed by atoms with Crippen molar-refractivity contribution < 1.29 is 9.90 Å². The SMILES string of the molecule is CN(C)c1ccc(C2(C)NC(C(=O)O)CCS2)cc1. The second kappa shape index (κ2) is 5.43. The fourth-order valence-corrected chi connectivity index (χ4v) is 3.55. The van der Waals surface area contributed by atoms with Crippen molar-refractivity contribution in [3.05, 3.63) is 29.8 Å². The molecule has 1 fully saturated rings. The van der Waals surface area contributed by atoms with Crippen molar-refractivity contribution in [3.63, 3.8) is 0 Å². The first kappa shape index (κ1) is 14.2. The Morgan fingerprint density at radius 3 is 2.58 bits per heavy atom. The minimum absolute atomic E-state index is 0.327. The van der Waals surface area contributed by atoms with Gasteiger partial charge in [-0.3, -0.25) is 10.1 Å². The maximum atomic E-state index is 11.1. The summed E-state index contributed by atoms with van der Waals surface area (Å²) in [5.41, 5.74) is 2.26. The van der Waals surface area contributed by atoms with Gasteiger partial charge in [-0.05, 0) is 36.8 Å². The van der Waals surface area contributed by atoms with Gasteiger partial charge in [-0.15, -0.1) is 11.8 Å². The van der Waals surface area contributed by atoms with Crippen LogP contribution in [0.1, 0.15) is 18.9 Å². The third-order valence-electron chi connectivity index (χ3n) is 3.48. The van der Waals surface area contributed by atoms with Crippen LogP contribution in [0.5, 0.6) is 0 Å². The summed E-state index contributed by atoms with van der Waals surface area (Å²) in [6.07, 6.45) is 0.672. The van der Waals surface area contributed by atoms with Crippen molar-refractivity contribution in [1.29, 1.82) is 0 Å². The van der Waals surface area contributed by atoms with E-state index < -0.39 is 12.0 Å². The van der Waals surface area contributed by atoms with Crippen LogP contribution in [-0.2, 0) is 9.67 Å². The highest BCUT2D eigenvalue weighted by molar-refractivity contribution is 8.00. The van der Waals surface area contributed by atoms with Gasteiger partial charge in [0.25, 0.3) is 0 Å². The van der Waals surface area contributed by atoms with Gasteiger partial charge in [0.2, 0.25) is 0 Å². The van der Waals surface area contributed by atoms with E-state index in [1.54, 1.807) is 11.8 Å². The van der Waals surface area contributed by atoms with Gasteiger partial charge in [0, 0.05) is 19.8 Å². The Bertz CT molecular complexity index is 461. The molecule has 0 radical (unpaired) electrons. The van der Waals surface area contributed by atoms with Crippen LogP contribution in [0.2, 0.25) is 0 Å². The molecule has 1 aromatic carbocycles. The predicted octanol–water partition coefficient (Wildman–Crippen LogP) is 2.10. The van der Waals surface area contributed by atoms with E-state index in [0.29, 0.717) is 6.42 Å². The van der Waals surface area contributed by atoms with Crippen LogP contribution in [-0.4, -0.2) is 37.0 Å². The molecule has 0 aliphatic carbocycles. The highest BCUT2D eigenvalue weighted by atomic mass is 32.2. The standard InChI is InChI=1S/C14H20N2O2S/c1-14(15-12(13(17)18)8-9-19-14)10-4-6-11(7-5-10)16(2)3/h4-7,12,15H,8-9H2,1-3H3,(H,17,18). The molecule has 5 heteroatoms. The average Bonchev–Trinajstić information content (AvgIpc) is 2.39. The molecule has 1 heterocycles. The molecule has 104 valence electrons. The fraction of sp³-hybridized carbons (Fsp3) is 0.500. The van der Waals surface area contributed by atoms with E-state index in [2.05, 4.69) is 36.5 Å². The number of aliphatic carboxylic acids is 1. The zero-order valence-corrected chi connectivity index (χ0v) is 12.3. The lowest BCUT2D eigenvalue weighted by atomic mass is 10.0. The van der Waals surface area contributed by atoms with E-state index in [-0.39, 0.29) is 4.87 Å². The third kappa shape index (κ3) is 3.04. The van der Waals surface area contributed by atoms with Gasteiger partial charge in [-0.2, -0.15) is 0 Å². The van der Waals surface area contributed by atoms with Gasteiger partial charge in [0.05, 0.1) is 4.87 Å². The molecule has 4 nitrogen and oxygen atoms in total. The minimum atomic E-state index is -0.767. The molecule has 1 aliphatic heterocycles. The lowest BCUT2D eigenvalue weighted by molar-refractivity contribution is -0.140. The quantitative estimate of drug-likeness (QED) is 0.888. The maximum Gasteiger partial charge on any atom is 0.320 e. The summed E-state index contributed by atoms with van der Waals surface area (Å²) in [5.74, 6) is 0.0899. The first-order valence-corrected chi connectivity index (χ1v) is 7.33. The van der Waals surface area contributed by atoms with Crippen LogP contribution >= 0.6 is 11.8 Å². The van der Waals surface area contributed by atoms with E-state index in [1.165, 1.54) is 0 Å². The predicted molar refractivity (Wildman–Crippen MR) is 79.8 cm³/mol. The summed E-state index contributed by atoms with van der Waals surface area (Å²) in [4.78, 5) is 12.9. The van der Waals surface area contributed by atoms with Crippen molar-refractivity contribution in [1.82, 2.24) is 5.32 Å². The first-order chi connectivity index (χ1) is 8.92. The van der Waals surface area contributed by atoms with E-state index >= 15 is 0 Å². The molecule has 19 heavy (non-hydrogen) atoms. The van der Waals surface area contributed by atoms with Crippen molar-refractivity contribution in [3.8, 4) is 0 Å². The van der Waals surface area contributed by atoms with Gasteiger partial charge < -0.3 is 10.0 Å². The number of thioether (sulfide) groups is 1. The summed E-state index contributed by atoms with van der Waals surface area (Å²) < 4.78 is 0. The molecule has 2 atom stereocenters. The smallest absolute Gasteiger partial charge is 0.320 e. The molecule has 1 aliphatic rings. The molecule has 0 aromatic heterocycles. The van der Waals surface area contributed by atoms with Gasteiger partial charge >= 0.3 is 5.97 Å². The summed E-state index contributed by atoms with van der Waals surface area (Å²) in [7, 11) is 4.01. The summed E-state index contributed by atoms with van der Waals surface area (Å²) >= 11 is 1.77. The van der Waals surface area contributed by atoms with Crippen molar-refractivity contribution in [2.75, 3.05) is 24.7 Å². The Balaban J connectivity index is 2.21. The Labute approximate surface area is 118 Å². The molecule has 0 spiro atoms. The number of carboxylic acid groups (broad SMARTS) is 1. The number of carboxylic acids is 1. The fourth-order valence-electron chi connectivity index (χ4n) is 2.26. The molecule has 1 saturated heterocycles. The Morgan fingerprint density at radius 1 is 1.42 bits per heavy atom. The molecular formula is C14H20N2O2S. The largest absolute Gasteiger partial charge is 0.480 e. The second-order valence-corrected chi connectivity index (χ2v) is 6.66. The van der Waals surface area contributed by atoms with Crippen LogP contribution in [0.15, 0.2) is 24.3 Å². The number of hydrogen-bond donors (Lipinski definition) is 2. The highest BCUT2D eigenvalue weighted by Gasteiger charge is 2.36. The molecule has 0 amide bonds. The molecule has 2 unspecified atom stereocenters. The molecule has 0 saturated carbocycles. The van der Waals surface area contributed by atoms with E-state index in [0.717, 1.165) is 17.0 Å². The van der Waals surface area contributed by atoms with Gasteiger partial charge in [0.15, 0.2) is 0 Å². The molecule has 2 rings (SSSR count). The zero-order valence-electron chi connectivity index (χ0n) is 11.5. The summed E-state index contributed by atoms with van der Waals surface area (Å²) in [6, 6.07) is 7.80. The molecule has 0 bridgehead atoms. The number of benzene rings is 1. The summed E-state index contributed by atoms with van der Waals surface area (Å²) in [5, 5.41) is 12.4. The average molecular weight is 280 g/mol. The Morgan fingerprint density at radius 2 is 2.05 bits per heavy atom. The third-order valence-corrected chi connectivity index (χ3v) is 4.85. The van der Waals surface area contributed by atoms with Crippen LogP contribution in [0.4, 0.5) is 5.69 Å². The lowest BCUT2D eigenvalue weighted by Gasteiger charge is -2.38. The molecule has 1 aromatic rings. The van der Waals surface area contributed by atoms with E-state index in [9.17, 15) is 4.79 Å². The highest BCUT2D eigenvalue weighted by Crippen LogP contribution is 2.38. The van der Waals surface area contributed by atoms with E-state index in [4.69, 9.17) is 5.11 Å². The van der Waals surface area contributed by atoms with Gasteiger partial charge in [-0.1, -0.05) is 12.1 Å². The second-order valence-electron chi connectivity index (χ2n) is 5.15. The van der Waals surface area contributed by atoms with Gasteiger partial charge in [-0.25, -0.2) is 0 Å². The Hall–Kier alpha value is -1.20. The first-order valence-electron chi connectivity index (χ1n) is 6.35. The maximum absolute atomic E-state index is 11.1. The van der Waals surface area contributed by atoms with Crippen LogP contribution < -0.4 is 10.2 Å². The zero-order chi connectivity index (χ0) is 14.0. The van der Waals surface area contributed by atoms with Crippen LogP contribution in [0.3, 0.4) is 0 Å². The Kier molecular flexibility index (Phi) is 4.06. The lowest BCUT2D eigenvalue weighted by Crippen LogP contribution is -2.51. The van der Waals surface area contributed by atoms with E-state index in [1.807, 2.05) is 19.0 Å². The number of hydrogen-bond acceptors (Lipinski definition) is 4. The topological polar surface area (TPSA) is 52.6 Å². The normalized spacial score (nSPS) is 27.0. The number of nitrogens with one attached hydrogen (secondary N) is 1. The van der Waals surface area contributed by atoms with Crippen molar-refractivity contribution >= 4 is 23.4 Å². The van der Waals surface area contributed by atoms with Gasteiger partial charge in [0.1, 0.15) is 6.04 Å². The van der Waals surface area contributed by atoms with Crippen molar-refractivity contribution in [2.24, 2.45) is 0 Å². The monoisotopic (exact) mass is 280 g/mol. The summed E-state index contributed by atoms with van der Waals surface area (Å²) in [6.45, 7) is 2.05. The number of anilines is 1. The number of rotatable bonds is 3. The minimum Gasteiger partial charge on any atom is -0.480 e. The van der Waals surface area contributed by atoms with Crippen molar-refractivity contribution in [2.45, 2.75) is 24.3 Å². The molecule has 2 N–H and O–H groups in total. The molecular weight excluding hydrogens is 260 g/mol. The van der Waals surface area contributed by atoms with Crippen LogP contribution in [0.25, 0.3) is 0 Å². The number of nitrogens with zero attached hydrogens (tertiary/aromatic N) is 1. The van der Waals surface area contributed by atoms with Crippen LogP contribution in [0, 0.1) is 0 Å².